The summed E-state index contributed by atoms with van der Waals surface area (Å²) in [5.74, 6) is 0.610. The highest BCUT2D eigenvalue weighted by molar-refractivity contribution is 7.17. The van der Waals surface area contributed by atoms with Gasteiger partial charge in [0.1, 0.15) is 10.7 Å². The molecule has 0 aliphatic heterocycles. The summed E-state index contributed by atoms with van der Waals surface area (Å²) in [6.07, 6.45) is -0.583. The molecule has 0 fully saturated rings. The number of H-pyrrole nitrogens is 1. The second kappa shape index (κ2) is 9.83. The third kappa shape index (κ3) is 5.16. The summed E-state index contributed by atoms with van der Waals surface area (Å²) < 4.78 is 5.32. The third-order valence-corrected chi connectivity index (χ3v) is 6.09. The SMILES string of the molecule is CCOCC(O)CN(Cc1nc2scc(-c3cc(C)ccc3C)c2c(=O)[nH]1)C(C)C. The maximum absolute atomic E-state index is 13.0. The second-order valence-electron chi connectivity index (χ2n) is 8.00. The molecule has 0 bridgehead atoms. The molecule has 0 amide bonds. The summed E-state index contributed by atoms with van der Waals surface area (Å²) in [5, 5.41) is 12.9. The van der Waals surface area contributed by atoms with Crippen LogP contribution in [0.2, 0.25) is 0 Å². The van der Waals surface area contributed by atoms with Crippen LogP contribution in [0.3, 0.4) is 0 Å². The minimum absolute atomic E-state index is 0.120. The van der Waals surface area contributed by atoms with Crippen LogP contribution in [0, 0.1) is 13.8 Å². The first-order chi connectivity index (χ1) is 14.3. The van der Waals surface area contributed by atoms with Crippen molar-refractivity contribution in [1.82, 2.24) is 14.9 Å². The van der Waals surface area contributed by atoms with E-state index in [1.165, 1.54) is 11.3 Å². The van der Waals surface area contributed by atoms with E-state index < -0.39 is 6.10 Å². The fourth-order valence-electron chi connectivity index (χ4n) is 3.52. The number of hydrogen-bond donors (Lipinski definition) is 2. The summed E-state index contributed by atoms with van der Waals surface area (Å²) in [4.78, 5) is 23.5. The lowest BCUT2D eigenvalue weighted by Gasteiger charge is -2.28. The molecule has 2 heterocycles. The Morgan fingerprint density at radius 1 is 1.27 bits per heavy atom. The Balaban J connectivity index is 1.90. The average molecular weight is 430 g/mol. The number of aliphatic hydroxyl groups excluding tert-OH is 1. The van der Waals surface area contributed by atoms with Crippen molar-refractivity contribution in [3.8, 4) is 11.1 Å². The van der Waals surface area contributed by atoms with Crippen LogP contribution in [0.25, 0.3) is 21.3 Å². The number of aromatic nitrogens is 2. The van der Waals surface area contributed by atoms with Gasteiger partial charge in [0.25, 0.3) is 5.56 Å². The quantitative estimate of drug-likeness (QED) is 0.540. The fourth-order valence-corrected chi connectivity index (χ4v) is 4.48. The van der Waals surface area contributed by atoms with Gasteiger partial charge in [0.05, 0.1) is 24.6 Å². The first-order valence-corrected chi connectivity index (χ1v) is 11.3. The number of ether oxygens (including phenoxy) is 1. The molecule has 0 saturated carbocycles. The highest BCUT2D eigenvalue weighted by Gasteiger charge is 2.19. The summed E-state index contributed by atoms with van der Waals surface area (Å²) in [7, 11) is 0. The first-order valence-electron chi connectivity index (χ1n) is 10.4. The Bertz CT molecular complexity index is 1060. The van der Waals surface area contributed by atoms with E-state index in [2.05, 4.69) is 55.8 Å². The predicted molar refractivity (Wildman–Crippen MR) is 123 cm³/mol. The van der Waals surface area contributed by atoms with Crippen LogP contribution >= 0.6 is 11.3 Å². The van der Waals surface area contributed by atoms with Gasteiger partial charge in [-0.2, -0.15) is 0 Å². The van der Waals surface area contributed by atoms with E-state index in [0.717, 1.165) is 27.1 Å². The second-order valence-corrected chi connectivity index (χ2v) is 8.86. The van der Waals surface area contributed by atoms with Crippen LogP contribution in [0.5, 0.6) is 0 Å². The summed E-state index contributed by atoms with van der Waals surface area (Å²) in [6.45, 7) is 11.9. The van der Waals surface area contributed by atoms with Gasteiger partial charge in [0.15, 0.2) is 0 Å². The molecule has 3 aromatic rings. The first kappa shape index (κ1) is 22.6. The van der Waals surface area contributed by atoms with Gasteiger partial charge >= 0.3 is 0 Å². The lowest BCUT2D eigenvalue weighted by atomic mass is 9.99. The number of thiophene rings is 1. The standard InChI is InChI=1S/C23H31N3O3S/c1-6-29-12-17(27)10-26(14(2)3)11-20-24-22(28)21-19(13-30-23(21)25-20)18-9-15(4)7-8-16(18)5/h7-9,13-14,17,27H,6,10-12H2,1-5H3,(H,24,25,28). The maximum atomic E-state index is 13.0. The Morgan fingerprint density at radius 2 is 2.03 bits per heavy atom. The Labute approximate surface area is 181 Å². The smallest absolute Gasteiger partial charge is 0.260 e. The number of nitrogens with zero attached hydrogens (tertiary/aromatic N) is 2. The van der Waals surface area contributed by atoms with Crippen LogP contribution in [0.4, 0.5) is 0 Å². The number of hydrogen-bond acceptors (Lipinski definition) is 6. The molecular weight excluding hydrogens is 398 g/mol. The highest BCUT2D eigenvalue weighted by Crippen LogP contribution is 2.33. The fraction of sp³-hybridized carbons (Fsp3) is 0.478. The van der Waals surface area contributed by atoms with E-state index in [-0.39, 0.29) is 11.6 Å². The summed E-state index contributed by atoms with van der Waals surface area (Å²) in [6, 6.07) is 6.47. The van der Waals surface area contributed by atoms with Gasteiger partial charge in [-0.25, -0.2) is 4.98 Å². The van der Waals surface area contributed by atoms with Gasteiger partial charge < -0.3 is 14.8 Å². The highest BCUT2D eigenvalue weighted by atomic mass is 32.1. The van der Waals surface area contributed by atoms with Crippen LogP contribution in [0.1, 0.15) is 37.7 Å². The van der Waals surface area contributed by atoms with Crippen LogP contribution < -0.4 is 5.56 Å². The summed E-state index contributed by atoms with van der Waals surface area (Å²) >= 11 is 1.49. The van der Waals surface area contributed by atoms with Crippen LogP contribution in [-0.4, -0.2) is 51.9 Å². The molecule has 2 N–H and O–H groups in total. The molecule has 1 atom stereocenters. The van der Waals surface area contributed by atoms with E-state index in [0.29, 0.717) is 37.5 Å². The van der Waals surface area contributed by atoms with Gasteiger partial charge in [0.2, 0.25) is 0 Å². The zero-order chi connectivity index (χ0) is 21.8. The molecule has 2 aromatic heterocycles. The van der Waals surface area contributed by atoms with Crippen molar-refractivity contribution in [3.05, 3.63) is 50.9 Å². The monoisotopic (exact) mass is 429 g/mol. The molecule has 0 aliphatic rings. The third-order valence-electron chi connectivity index (χ3n) is 5.22. The lowest BCUT2D eigenvalue weighted by Crippen LogP contribution is -2.39. The van der Waals surface area contributed by atoms with Gasteiger partial charge in [0, 0.05) is 30.1 Å². The van der Waals surface area contributed by atoms with Gasteiger partial charge in [-0.1, -0.05) is 23.8 Å². The molecule has 162 valence electrons. The molecule has 6 nitrogen and oxygen atoms in total. The molecule has 3 rings (SSSR count). The number of nitrogens with one attached hydrogen (secondary N) is 1. The van der Waals surface area contributed by atoms with Crippen molar-refractivity contribution >= 4 is 21.6 Å². The number of aryl methyl sites for hydroxylation is 2. The molecule has 0 saturated heterocycles. The molecule has 0 radical (unpaired) electrons. The number of benzene rings is 1. The summed E-state index contributed by atoms with van der Waals surface area (Å²) in [5.41, 5.74) is 4.19. The van der Waals surface area contributed by atoms with Crippen molar-refractivity contribution in [1.29, 1.82) is 0 Å². The van der Waals surface area contributed by atoms with E-state index in [9.17, 15) is 9.90 Å². The minimum atomic E-state index is -0.583. The van der Waals surface area contributed by atoms with Crippen molar-refractivity contribution in [2.24, 2.45) is 0 Å². The van der Waals surface area contributed by atoms with Crippen molar-refractivity contribution in [3.63, 3.8) is 0 Å². The van der Waals surface area contributed by atoms with E-state index in [4.69, 9.17) is 9.72 Å². The van der Waals surface area contributed by atoms with Gasteiger partial charge in [-0.3, -0.25) is 9.69 Å². The predicted octanol–water partition coefficient (Wildman–Crippen LogP) is 3.88. The lowest BCUT2D eigenvalue weighted by molar-refractivity contribution is 0.0127. The Kier molecular flexibility index (Phi) is 7.41. The normalized spacial score (nSPS) is 12.9. The van der Waals surface area contributed by atoms with Crippen molar-refractivity contribution in [2.75, 3.05) is 19.8 Å². The molecule has 0 spiro atoms. The van der Waals surface area contributed by atoms with Crippen molar-refractivity contribution in [2.45, 2.75) is 53.3 Å². The van der Waals surface area contributed by atoms with E-state index in [1.807, 2.05) is 12.3 Å². The van der Waals surface area contributed by atoms with Gasteiger partial charge in [-0.05, 0) is 45.7 Å². The molecule has 30 heavy (non-hydrogen) atoms. The molecule has 1 aromatic carbocycles. The maximum Gasteiger partial charge on any atom is 0.260 e. The molecule has 1 unspecified atom stereocenters. The molecule has 7 heteroatoms. The zero-order valence-electron chi connectivity index (χ0n) is 18.4. The van der Waals surface area contributed by atoms with Crippen LogP contribution in [-0.2, 0) is 11.3 Å². The zero-order valence-corrected chi connectivity index (χ0v) is 19.2. The van der Waals surface area contributed by atoms with Gasteiger partial charge in [-0.15, -0.1) is 11.3 Å². The number of aromatic amines is 1. The molecular formula is C23H31N3O3S. The number of rotatable bonds is 9. The minimum Gasteiger partial charge on any atom is -0.389 e. The van der Waals surface area contributed by atoms with Crippen molar-refractivity contribution < 1.29 is 9.84 Å². The van der Waals surface area contributed by atoms with E-state index in [1.54, 1.807) is 0 Å². The Hall–Kier alpha value is -2.06. The molecule has 0 aliphatic carbocycles. The number of fused-ring (bicyclic) bond motifs is 1. The number of aliphatic hydroxyl groups is 1. The van der Waals surface area contributed by atoms with Crippen LogP contribution in [0.15, 0.2) is 28.4 Å². The Morgan fingerprint density at radius 3 is 2.73 bits per heavy atom. The largest absolute Gasteiger partial charge is 0.389 e. The topological polar surface area (TPSA) is 78.5 Å². The van der Waals surface area contributed by atoms with E-state index >= 15 is 0 Å². The average Bonchev–Trinajstić information content (AvgIpc) is 3.12.